The van der Waals surface area contributed by atoms with Crippen molar-refractivity contribution in [2.45, 2.75) is 45.4 Å². The van der Waals surface area contributed by atoms with Gasteiger partial charge in [-0.2, -0.15) is 0 Å². The number of rotatable bonds is 5. The summed E-state index contributed by atoms with van der Waals surface area (Å²) in [5, 5.41) is 22.0. The molecule has 0 heterocycles. The Bertz CT molecular complexity index is 534. The molecule has 3 N–H and O–H groups in total. The predicted molar refractivity (Wildman–Crippen MR) is 82.9 cm³/mol. The summed E-state index contributed by atoms with van der Waals surface area (Å²) in [6.45, 7) is 6.77. The number of esters is 1. The number of hydrogen-bond acceptors (Lipinski definition) is 6. The molecular formula is C16H23NO6. The van der Waals surface area contributed by atoms with Crippen molar-refractivity contribution in [3.63, 3.8) is 0 Å². The molecule has 0 fully saturated rings. The van der Waals surface area contributed by atoms with E-state index >= 15 is 0 Å². The lowest BCUT2D eigenvalue weighted by Crippen LogP contribution is -2.47. The molecule has 0 aliphatic carbocycles. The van der Waals surface area contributed by atoms with E-state index in [0.29, 0.717) is 5.56 Å². The summed E-state index contributed by atoms with van der Waals surface area (Å²) >= 11 is 0. The molecule has 0 aliphatic heterocycles. The molecule has 0 unspecified atom stereocenters. The second-order valence-electron chi connectivity index (χ2n) is 5.91. The molecule has 23 heavy (non-hydrogen) atoms. The van der Waals surface area contributed by atoms with Gasteiger partial charge in [-0.25, -0.2) is 9.59 Å². The molecule has 7 heteroatoms. The van der Waals surface area contributed by atoms with Crippen LogP contribution in [0.4, 0.5) is 4.79 Å². The van der Waals surface area contributed by atoms with Crippen molar-refractivity contribution >= 4 is 12.1 Å². The summed E-state index contributed by atoms with van der Waals surface area (Å²) in [6, 6.07) is 4.31. The third-order valence-corrected chi connectivity index (χ3v) is 2.76. The Morgan fingerprint density at radius 1 is 1.22 bits per heavy atom. The zero-order chi connectivity index (χ0) is 17.6. The number of alkyl carbamates (subject to hydrolysis) is 1. The summed E-state index contributed by atoms with van der Waals surface area (Å²) in [7, 11) is 0. The highest BCUT2D eigenvalue weighted by atomic mass is 16.6. The van der Waals surface area contributed by atoms with Crippen molar-refractivity contribution in [3.8, 4) is 5.75 Å². The van der Waals surface area contributed by atoms with E-state index in [9.17, 15) is 19.8 Å². The highest BCUT2D eigenvalue weighted by Gasteiger charge is 2.32. The minimum Gasteiger partial charge on any atom is -0.508 e. The van der Waals surface area contributed by atoms with Crippen LogP contribution >= 0.6 is 0 Å². The number of carbonyl (C=O) groups is 2. The van der Waals surface area contributed by atoms with Crippen LogP contribution in [0.3, 0.4) is 0 Å². The molecule has 0 saturated carbocycles. The van der Waals surface area contributed by atoms with Crippen LogP contribution in [0, 0.1) is 0 Å². The Hall–Kier alpha value is -2.28. The van der Waals surface area contributed by atoms with Crippen molar-refractivity contribution < 1.29 is 29.3 Å². The summed E-state index contributed by atoms with van der Waals surface area (Å²) < 4.78 is 9.98. The first-order chi connectivity index (χ1) is 10.6. The molecular weight excluding hydrogens is 302 g/mol. The van der Waals surface area contributed by atoms with Crippen LogP contribution in [-0.2, 0) is 14.3 Å². The van der Waals surface area contributed by atoms with Crippen molar-refractivity contribution in [1.82, 2.24) is 5.32 Å². The number of benzene rings is 1. The minimum absolute atomic E-state index is 0.0220. The average molecular weight is 325 g/mol. The smallest absolute Gasteiger partial charge is 0.408 e. The van der Waals surface area contributed by atoms with Crippen LogP contribution in [0.25, 0.3) is 0 Å². The van der Waals surface area contributed by atoms with Crippen molar-refractivity contribution in [1.29, 1.82) is 0 Å². The van der Waals surface area contributed by atoms with Crippen LogP contribution in [0.5, 0.6) is 5.75 Å². The van der Waals surface area contributed by atoms with Gasteiger partial charge in [0, 0.05) is 0 Å². The maximum atomic E-state index is 12.0. The summed E-state index contributed by atoms with van der Waals surface area (Å²) in [5.41, 5.74) is -0.399. The van der Waals surface area contributed by atoms with Crippen LogP contribution in [0.2, 0.25) is 0 Å². The second kappa shape index (κ2) is 7.82. The van der Waals surface area contributed by atoms with Gasteiger partial charge >= 0.3 is 12.1 Å². The quantitative estimate of drug-likeness (QED) is 0.714. The molecule has 0 saturated heterocycles. The number of phenolic OH excluding ortho intramolecular Hbond substituents is 1. The molecule has 7 nitrogen and oxygen atoms in total. The summed E-state index contributed by atoms with van der Waals surface area (Å²) in [6.07, 6.45) is -2.18. The van der Waals surface area contributed by atoms with Gasteiger partial charge in [0.25, 0.3) is 0 Å². The standard InChI is InChI=1S/C16H23NO6/c1-5-22-14(20)12(17-15(21)23-16(2,3)4)13(19)10-6-8-11(18)9-7-10/h6-9,12-13,18-19H,5H2,1-4H3,(H,17,21)/t12-,13+/m0/s1. The van der Waals surface area contributed by atoms with E-state index in [1.807, 2.05) is 0 Å². The van der Waals surface area contributed by atoms with E-state index in [0.717, 1.165) is 0 Å². The lowest BCUT2D eigenvalue weighted by Gasteiger charge is -2.25. The Morgan fingerprint density at radius 3 is 2.26 bits per heavy atom. The van der Waals surface area contributed by atoms with Gasteiger partial charge in [0.05, 0.1) is 6.61 Å². The second-order valence-corrected chi connectivity index (χ2v) is 5.91. The van der Waals surface area contributed by atoms with Crippen molar-refractivity contribution in [2.24, 2.45) is 0 Å². The van der Waals surface area contributed by atoms with Gasteiger partial charge in [-0.05, 0) is 45.4 Å². The molecule has 1 aromatic rings. The molecule has 0 spiro atoms. The van der Waals surface area contributed by atoms with Crippen molar-refractivity contribution in [2.75, 3.05) is 6.61 Å². The Labute approximate surface area is 135 Å². The van der Waals surface area contributed by atoms with Gasteiger partial charge in [0.1, 0.15) is 17.5 Å². The normalized spacial score (nSPS) is 13.8. The van der Waals surface area contributed by atoms with E-state index in [1.54, 1.807) is 27.7 Å². The van der Waals surface area contributed by atoms with Gasteiger partial charge in [0.15, 0.2) is 6.04 Å². The van der Waals surface area contributed by atoms with E-state index in [1.165, 1.54) is 24.3 Å². The van der Waals surface area contributed by atoms with Crippen LogP contribution in [-0.4, -0.2) is 40.5 Å². The number of nitrogens with one attached hydrogen (secondary N) is 1. The average Bonchev–Trinajstić information content (AvgIpc) is 2.43. The topological polar surface area (TPSA) is 105 Å². The SMILES string of the molecule is CCOC(=O)[C@@H](NC(=O)OC(C)(C)C)[C@H](O)c1ccc(O)cc1. The predicted octanol–water partition coefficient (Wildman–Crippen LogP) is 1.88. The lowest BCUT2D eigenvalue weighted by molar-refractivity contribution is -0.148. The van der Waals surface area contributed by atoms with Gasteiger partial charge in [0.2, 0.25) is 0 Å². The Kier molecular flexibility index (Phi) is 6.38. The molecule has 2 atom stereocenters. The molecule has 1 amide bonds. The van der Waals surface area contributed by atoms with Crippen LogP contribution in [0.1, 0.15) is 39.4 Å². The van der Waals surface area contributed by atoms with Gasteiger partial charge in [-0.1, -0.05) is 12.1 Å². The van der Waals surface area contributed by atoms with Crippen LogP contribution in [0.15, 0.2) is 24.3 Å². The zero-order valence-electron chi connectivity index (χ0n) is 13.7. The Morgan fingerprint density at radius 2 is 1.78 bits per heavy atom. The van der Waals surface area contributed by atoms with E-state index in [2.05, 4.69) is 5.32 Å². The van der Waals surface area contributed by atoms with Gasteiger partial charge in [-0.15, -0.1) is 0 Å². The molecule has 0 aromatic heterocycles. The first-order valence-corrected chi connectivity index (χ1v) is 7.27. The molecule has 0 radical (unpaired) electrons. The minimum atomic E-state index is -1.35. The van der Waals surface area contributed by atoms with Gasteiger partial charge in [-0.3, -0.25) is 0 Å². The first kappa shape index (κ1) is 18.8. The first-order valence-electron chi connectivity index (χ1n) is 7.27. The third kappa shape index (κ3) is 6.15. The monoisotopic (exact) mass is 325 g/mol. The van der Waals surface area contributed by atoms with Crippen molar-refractivity contribution in [3.05, 3.63) is 29.8 Å². The number of ether oxygens (including phenoxy) is 2. The maximum Gasteiger partial charge on any atom is 0.408 e. The molecule has 128 valence electrons. The fraction of sp³-hybridized carbons (Fsp3) is 0.500. The van der Waals surface area contributed by atoms with E-state index in [-0.39, 0.29) is 12.4 Å². The number of aliphatic hydroxyl groups is 1. The molecule has 0 aliphatic rings. The van der Waals surface area contributed by atoms with Crippen LogP contribution < -0.4 is 5.32 Å². The van der Waals surface area contributed by atoms with Gasteiger partial charge < -0.3 is 25.0 Å². The fourth-order valence-electron chi connectivity index (χ4n) is 1.80. The molecule has 0 bridgehead atoms. The lowest BCUT2D eigenvalue weighted by atomic mass is 10.0. The number of phenols is 1. The number of amides is 1. The largest absolute Gasteiger partial charge is 0.508 e. The maximum absolute atomic E-state index is 12.0. The zero-order valence-corrected chi connectivity index (χ0v) is 13.7. The highest BCUT2D eigenvalue weighted by Crippen LogP contribution is 2.21. The number of aliphatic hydroxyl groups excluding tert-OH is 1. The molecule has 1 rings (SSSR count). The summed E-state index contributed by atoms with van der Waals surface area (Å²) in [5.74, 6) is -0.757. The molecule has 1 aromatic carbocycles. The number of hydrogen-bond donors (Lipinski definition) is 3. The van der Waals surface area contributed by atoms with E-state index < -0.39 is 29.8 Å². The van der Waals surface area contributed by atoms with E-state index in [4.69, 9.17) is 9.47 Å². The number of carbonyl (C=O) groups excluding carboxylic acids is 2. The third-order valence-electron chi connectivity index (χ3n) is 2.76. The fourth-order valence-corrected chi connectivity index (χ4v) is 1.80. The summed E-state index contributed by atoms with van der Waals surface area (Å²) in [4.78, 5) is 23.9. The highest BCUT2D eigenvalue weighted by molar-refractivity contribution is 5.82. The number of aromatic hydroxyl groups is 1. The Balaban J connectivity index is 2.93.